The van der Waals surface area contributed by atoms with Gasteiger partial charge in [0.25, 0.3) is 0 Å². The molecule has 0 radical (unpaired) electrons. The van der Waals surface area contributed by atoms with Crippen LogP contribution in [0.15, 0.2) is 36.4 Å². The smallest absolute Gasteiger partial charge is 0.246 e. The molecule has 3 rings (SSSR count). The first-order valence-electron chi connectivity index (χ1n) is 7.68. The summed E-state index contributed by atoms with van der Waals surface area (Å²) >= 11 is 0. The van der Waals surface area contributed by atoms with Crippen LogP contribution < -0.4 is 24.8 Å². The number of anilines is 2. The van der Waals surface area contributed by atoms with Crippen molar-refractivity contribution in [3.05, 3.63) is 42.0 Å². The van der Waals surface area contributed by atoms with E-state index in [-0.39, 0.29) is 12.7 Å². The molecule has 0 aromatic heterocycles. The van der Waals surface area contributed by atoms with Crippen LogP contribution in [0.1, 0.15) is 12.5 Å². The summed E-state index contributed by atoms with van der Waals surface area (Å²) in [5.74, 6) is 1.86. The lowest BCUT2D eigenvalue weighted by Crippen LogP contribution is -2.32. The fraction of sp³-hybridized carbons (Fsp3) is 0.278. The number of benzene rings is 2. The number of aryl methyl sites for hydroxylation is 1. The zero-order valence-electron chi connectivity index (χ0n) is 13.9. The van der Waals surface area contributed by atoms with Gasteiger partial charge < -0.3 is 24.8 Å². The van der Waals surface area contributed by atoms with E-state index in [1.807, 2.05) is 25.1 Å². The summed E-state index contributed by atoms with van der Waals surface area (Å²) in [7, 11) is 1.60. The lowest BCUT2D eigenvalue weighted by molar-refractivity contribution is -0.116. The fourth-order valence-corrected chi connectivity index (χ4v) is 2.46. The third-order valence-corrected chi connectivity index (χ3v) is 3.76. The van der Waals surface area contributed by atoms with Crippen molar-refractivity contribution in [3.8, 4) is 17.2 Å². The van der Waals surface area contributed by atoms with Gasteiger partial charge in [-0.3, -0.25) is 4.79 Å². The number of ether oxygens (including phenoxy) is 3. The lowest BCUT2D eigenvalue weighted by Gasteiger charge is -2.18. The molecule has 6 heteroatoms. The van der Waals surface area contributed by atoms with Crippen LogP contribution in [-0.2, 0) is 4.79 Å². The zero-order valence-corrected chi connectivity index (χ0v) is 13.9. The minimum absolute atomic E-state index is 0.155. The number of carbonyl (C=O) groups excluding carboxylic acids is 1. The van der Waals surface area contributed by atoms with Crippen LogP contribution in [0, 0.1) is 6.92 Å². The van der Waals surface area contributed by atoms with E-state index >= 15 is 0 Å². The number of fused-ring (bicyclic) bond motifs is 1. The fourth-order valence-electron chi connectivity index (χ4n) is 2.46. The molecular formula is C18H20N2O4. The number of hydrogen-bond donors (Lipinski definition) is 2. The van der Waals surface area contributed by atoms with Crippen molar-refractivity contribution < 1.29 is 19.0 Å². The maximum Gasteiger partial charge on any atom is 0.246 e. The predicted molar refractivity (Wildman–Crippen MR) is 92.0 cm³/mol. The Hall–Kier alpha value is -2.89. The Kier molecular flexibility index (Phi) is 4.46. The zero-order chi connectivity index (χ0) is 17.1. The average Bonchev–Trinajstić information content (AvgIpc) is 3.02. The molecule has 24 heavy (non-hydrogen) atoms. The Bertz CT molecular complexity index is 761. The third-order valence-electron chi connectivity index (χ3n) is 3.76. The molecule has 1 amide bonds. The minimum Gasteiger partial charge on any atom is -0.495 e. The van der Waals surface area contributed by atoms with Crippen LogP contribution in [0.3, 0.4) is 0 Å². The quantitative estimate of drug-likeness (QED) is 0.882. The van der Waals surface area contributed by atoms with Crippen molar-refractivity contribution in [3.63, 3.8) is 0 Å². The second-order valence-electron chi connectivity index (χ2n) is 5.63. The molecule has 0 bridgehead atoms. The summed E-state index contributed by atoms with van der Waals surface area (Å²) in [4.78, 5) is 12.4. The Morgan fingerprint density at radius 1 is 1.17 bits per heavy atom. The lowest BCUT2D eigenvalue weighted by atomic mass is 10.2. The Labute approximate surface area is 140 Å². The first kappa shape index (κ1) is 16.0. The molecule has 0 spiro atoms. The summed E-state index contributed by atoms with van der Waals surface area (Å²) < 4.78 is 15.9. The van der Waals surface area contributed by atoms with Crippen molar-refractivity contribution in [2.75, 3.05) is 24.5 Å². The molecule has 126 valence electrons. The highest BCUT2D eigenvalue weighted by atomic mass is 16.7. The predicted octanol–water partition coefficient (Wildman–Crippen LogP) is 3.17. The monoisotopic (exact) mass is 328 g/mol. The Morgan fingerprint density at radius 3 is 2.75 bits per heavy atom. The van der Waals surface area contributed by atoms with Gasteiger partial charge in [-0.2, -0.15) is 0 Å². The number of nitrogens with one attached hydrogen (secondary N) is 2. The molecule has 0 saturated carbocycles. The average molecular weight is 328 g/mol. The van der Waals surface area contributed by atoms with E-state index in [1.54, 1.807) is 32.2 Å². The third kappa shape index (κ3) is 3.37. The van der Waals surface area contributed by atoms with Crippen LogP contribution in [0.4, 0.5) is 11.4 Å². The van der Waals surface area contributed by atoms with E-state index in [2.05, 4.69) is 10.6 Å². The summed E-state index contributed by atoms with van der Waals surface area (Å²) in [6.07, 6.45) is 0. The van der Waals surface area contributed by atoms with Gasteiger partial charge in [0.05, 0.1) is 12.8 Å². The van der Waals surface area contributed by atoms with Gasteiger partial charge in [0, 0.05) is 11.8 Å². The van der Waals surface area contributed by atoms with Gasteiger partial charge in [-0.25, -0.2) is 0 Å². The topological polar surface area (TPSA) is 68.8 Å². The first-order valence-corrected chi connectivity index (χ1v) is 7.68. The van der Waals surface area contributed by atoms with E-state index in [4.69, 9.17) is 14.2 Å². The van der Waals surface area contributed by atoms with Gasteiger partial charge in [0.2, 0.25) is 12.7 Å². The summed E-state index contributed by atoms with van der Waals surface area (Å²) in [5, 5.41) is 6.05. The highest BCUT2D eigenvalue weighted by Gasteiger charge is 2.17. The summed E-state index contributed by atoms with van der Waals surface area (Å²) in [5.41, 5.74) is 2.53. The van der Waals surface area contributed by atoms with Gasteiger partial charge in [0.15, 0.2) is 11.5 Å². The van der Waals surface area contributed by atoms with E-state index in [1.165, 1.54) is 0 Å². The maximum atomic E-state index is 12.4. The normalized spacial score (nSPS) is 13.3. The van der Waals surface area contributed by atoms with Crippen LogP contribution >= 0.6 is 0 Å². The van der Waals surface area contributed by atoms with Crippen molar-refractivity contribution in [1.29, 1.82) is 0 Å². The number of carbonyl (C=O) groups is 1. The molecule has 0 saturated heterocycles. The van der Waals surface area contributed by atoms with Crippen molar-refractivity contribution in [2.45, 2.75) is 19.9 Å². The van der Waals surface area contributed by atoms with Gasteiger partial charge in [-0.15, -0.1) is 0 Å². The van der Waals surface area contributed by atoms with Gasteiger partial charge in [-0.1, -0.05) is 6.07 Å². The van der Waals surface area contributed by atoms with E-state index in [0.29, 0.717) is 22.9 Å². The molecule has 1 aliphatic rings. The molecule has 0 aliphatic carbocycles. The van der Waals surface area contributed by atoms with Crippen LogP contribution in [0.25, 0.3) is 0 Å². The Balaban J connectivity index is 1.68. The Morgan fingerprint density at radius 2 is 1.96 bits per heavy atom. The largest absolute Gasteiger partial charge is 0.495 e. The molecule has 0 fully saturated rings. The van der Waals surface area contributed by atoms with Crippen molar-refractivity contribution in [1.82, 2.24) is 0 Å². The van der Waals surface area contributed by atoms with Crippen LogP contribution in [0.2, 0.25) is 0 Å². The van der Waals surface area contributed by atoms with Gasteiger partial charge in [-0.05, 0) is 43.7 Å². The molecule has 2 N–H and O–H groups in total. The highest BCUT2D eigenvalue weighted by molar-refractivity contribution is 5.96. The number of hydrogen-bond acceptors (Lipinski definition) is 5. The molecule has 6 nitrogen and oxygen atoms in total. The second kappa shape index (κ2) is 6.70. The minimum atomic E-state index is -0.439. The van der Waals surface area contributed by atoms with Crippen molar-refractivity contribution in [2.24, 2.45) is 0 Å². The van der Waals surface area contributed by atoms with E-state index < -0.39 is 6.04 Å². The molecule has 1 unspecified atom stereocenters. The van der Waals surface area contributed by atoms with E-state index in [9.17, 15) is 4.79 Å². The summed E-state index contributed by atoms with van der Waals surface area (Å²) in [6.45, 7) is 3.99. The number of methoxy groups -OCH3 is 1. The standard InChI is InChI=1S/C18H20N2O4/c1-11-4-6-15(22-3)14(8-11)19-12(2)18(21)20-13-5-7-16-17(9-13)24-10-23-16/h4-9,12,19H,10H2,1-3H3,(H,20,21). The van der Waals surface area contributed by atoms with E-state index in [0.717, 1.165) is 11.3 Å². The van der Waals surface area contributed by atoms with Gasteiger partial charge >= 0.3 is 0 Å². The molecule has 1 aliphatic heterocycles. The summed E-state index contributed by atoms with van der Waals surface area (Å²) in [6, 6.07) is 10.7. The molecule has 1 atom stereocenters. The first-order chi connectivity index (χ1) is 11.6. The SMILES string of the molecule is COc1ccc(C)cc1NC(C)C(=O)Nc1ccc2c(c1)OCO2. The van der Waals surface area contributed by atoms with Crippen LogP contribution in [-0.4, -0.2) is 25.9 Å². The number of amides is 1. The molecule has 1 heterocycles. The number of rotatable bonds is 5. The molecule has 2 aromatic rings. The van der Waals surface area contributed by atoms with Gasteiger partial charge in [0.1, 0.15) is 11.8 Å². The second-order valence-corrected chi connectivity index (χ2v) is 5.63. The molecular weight excluding hydrogens is 308 g/mol. The van der Waals surface area contributed by atoms with Crippen molar-refractivity contribution >= 4 is 17.3 Å². The molecule has 2 aromatic carbocycles. The van der Waals surface area contributed by atoms with Crippen LogP contribution in [0.5, 0.6) is 17.2 Å². The maximum absolute atomic E-state index is 12.4. The highest BCUT2D eigenvalue weighted by Crippen LogP contribution is 2.34.